The average molecular weight is 416 g/mol. The molecule has 29 heavy (non-hydrogen) atoms. The fraction of sp³-hybridized carbons (Fsp3) is 0.211. The first-order chi connectivity index (χ1) is 13.9. The molecule has 10 heteroatoms. The van der Waals surface area contributed by atoms with E-state index in [1.165, 1.54) is 18.2 Å². The molecule has 0 unspecified atom stereocenters. The Morgan fingerprint density at radius 3 is 2.62 bits per heavy atom. The molecular formula is C19H20N4O5S. The van der Waals surface area contributed by atoms with Gasteiger partial charge < -0.3 is 15.4 Å². The minimum Gasteiger partial charge on any atom is -0.385 e. The van der Waals surface area contributed by atoms with Crippen LogP contribution in [0.25, 0.3) is 0 Å². The van der Waals surface area contributed by atoms with Crippen LogP contribution in [0.4, 0.5) is 11.4 Å². The molecule has 0 aromatic heterocycles. The van der Waals surface area contributed by atoms with Crippen LogP contribution in [0.3, 0.4) is 0 Å². The molecule has 152 valence electrons. The van der Waals surface area contributed by atoms with Gasteiger partial charge in [0, 0.05) is 38.0 Å². The highest BCUT2D eigenvalue weighted by Crippen LogP contribution is 2.16. The summed E-state index contributed by atoms with van der Waals surface area (Å²) in [4.78, 5) is 34.9. The van der Waals surface area contributed by atoms with E-state index in [0.717, 1.165) is 6.07 Å². The molecule has 0 saturated carbocycles. The van der Waals surface area contributed by atoms with Gasteiger partial charge in [-0.1, -0.05) is 18.2 Å². The van der Waals surface area contributed by atoms with Gasteiger partial charge in [-0.15, -0.1) is 0 Å². The maximum Gasteiger partial charge on any atom is 0.270 e. The Morgan fingerprint density at radius 1 is 1.14 bits per heavy atom. The molecule has 0 heterocycles. The Hall–Kier alpha value is -3.37. The van der Waals surface area contributed by atoms with E-state index in [4.69, 9.17) is 17.0 Å². The molecule has 0 atom stereocenters. The summed E-state index contributed by atoms with van der Waals surface area (Å²) >= 11 is 5.14. The predicted octanol–water partition coefficient (Wildman–Crippen LogP) is 2.49. The molecule has 3 N–H and O–H groups in total. The van der Waals surface area contributed by atoms with Crippen LogP contribution in [-0.2, 0) is 4.74 Å². The second kappa shape index (κ2) is 10.8. The van der Waals surface area contributed by atoms with Gasteiger partial charge in [0.1, 0.15) is 0 Å². The van der Waals surface area contributed by atoms with Crippen molar-refractivity contribution in [1.82, 2.24) is 10.6 Å². The zero-order valence-corrected chi connectivity index (χ0v) is 16.5. The molecule has 0 aliphatic carbocycles. The van der Waals surface area contributed by atoms with E-state index in [-0.39, 0.29) is 22.3 Å². The van der Waals surface area contributed by atoms with Crippen molar-refractivity contribution in [1.29, 1.82) is 0 Å². The van der Waals surface area contributed by atoms with Crippen LogP contribution in [0.5, 0.6) is 0 Å². The first-order valence-corrected chi connectivity index (χ1v) is 9.06. The zero-order chi connectivity index (χ0) is 21.2. The SMILES string of the molecule is COCCCNC(=O)c1ccccc1NC(=S)NC(=O)c1cccc([N+](=O)[O-])c1. The Labute approximate surface area is 172 Å². The molecule has 9 nitrogen and oxygen atoms in total. The van der Waals surface area contributed by atoms with Crippen LogP contribution < -0.4 is 16.0 Å². The summed E-state index contributed by atoms with van der Waals surface area (Å²) in [6.45, 7) is 0.989. The lowest BCUT2D eigenvalue weighted by atomic mass is 10.1. The fourth-order valence-corrected chi connectivity index (χ4v) is 2.60. The highest BCUT2D eigenvalue weighted by molar-refractivity contribution is 7.80. The Bertz CT molecular complexity index is 919. The van der Waals surface area contributed by atoms with Crippen molar-refractivity contribution >= 4 is 40.5 Å². The largest absolute Gasteiger partial charge is 0.385 e. The van der Waals surface area contributed by atoms with E-state index in [2.05, 4.69) is 16.0 Å². The van der Waals surface area contributed by atoms with E-state index in [1.54, 1.807) is 31.4 Å². The number of thiocarbonyl (C=S) groups is 1. The number of nitrogens with zero attached hydrogens (tertiary/aromatic N) is 1. The van der Waals surface area contributed by atoms with Crippen molar-refractivity contribution < 1.29 is 19.2 Å². The van der Waals surface area contributed by atoms with Crippen molar-refractivity contribution in [3.05, 3.63) is 69.8 Å². The predicted molar refractivity (Wildman–Crippen MR) is 112 cm³/mol. The maximum atomic E-state index is 12.4. The number of ether oxygens (including phenoxy) is 1. The summed E-state index contributed by atoms with van der Waals surface area (Å²) in [6.07, 6.45) is 0.676. The number of hydrogen-bond donors (Lipinski definition) is 3. The van der Waals surface area contributed by atoms with Gasteiger partial charge in [0.15, 0.2) is 5.11 Å². The molecule has 2 aromatic rings. The number of amides is 2. The number of anilines is 1. The van der Waals surface area contributed by atoms with Crippen LogP contribution in [0, 0.1) is 10.1 Å². The minimum absolute atomic E-state index is 0.0406. The number of nitro benzene ring substituents is 1. The highest BCUT2D eigenvalue weighted by Gasteiger charge is 2.15. The van der Waals surface area contributed by atoms with E-state index in [9.17, 15) is 19.7 Å². The standard InChI is InChI=1S/C19H20N4O5S/c1-28-11-5-10-20-18(25)15-8-2-3-9-16(15)21-19(29)22-17(24)13-6-4-7-14(12-13)23(26)27/h2-4,6-9,12H,5,10-11H2,1H3,(H,20,25)(H2,21,22,24,29). The number of carbonyl (C=O) groups is 2. The second-order valence-electron chi connectivity index (χ2n) is 5.86. The monoisotopic (exact) mass is 416 g/mol. The highest BCUT2D eigenvalue weighted by atomic mass is 32.1. The van der Waals surface area contributed by atoms with Gasteiger partial charge in [-0.2, -0.15) is 0 Å². The Kier molecular flexibility index (Phi) is 8.19. The van der Waals surface area contributed by atoms with Gasteiger partial charge in [0.05, 0.1) is 16.2 Å². The minimum atomic E-state index is -0.604. The average Bonchev–Trinajstić information content (AvgIpc) is 2.71. The Morgan fingerprint density at radius 2 is 1.90 bits per heavy atom. The summed E-state index contributed by atoms with van der Waals surface area (Å²) in [7, 11) is 1.59. The molecule has 0 aliphatic heterocycles. The summed E-state index contributed by atoms with van der Waals surface area (Å²) < 4.78 is 4.94. The van der Waals surface area contributed by atoms with Gasteiger partial charge in [0.2, 0.25) is 0 Å². The molecule has 0 fully saturated rings. The lowest BCUT2D eigenvalue weighted by Gasteiger charge is -2.13. The molecule has 2 rings (SSSR count). The van der Waals surface area contributed by atoms with E-state index in [1.807, 2.05) is 0 Å². The van der Waals surface area contributed by atoms with Gasteiger partial charge in [0.25, 0.3) is 17.5 Å². The zero-order valence-electron chi connectivity index (χ0n) is 15.6. The van der Waals surface area contributed by atoms with Crippen LogP contribution in [-0.4, -0.2) is 42.1 Å². The molecular weight excluding hydrogens is 396 g/mol. The van der Waals surface area contributed by atoms with Crippen molar-refractivity contribution in [3.63, 3.8) is 0 Å². The number of para-hydroxylation sites is 1. The first-order valence-electron chi connectivity index (χ1n) is 8.65. The maximum absolute atomic E-state index is 12.4. The Balaban J connectivity index is 2.02. The molecule has 2 amide bonds. The number of non-ortho nitro benzene ring substituents is 1. The van der Waals surface area contributed by atoms with Crippen LogP contribution >= 0.6 is 12.2 Å². The van der Waals surface area contributed by atoms with Crippen molar-refractivity contribution in [2.75, 3.05) is 25.6 Å². The third-order valence-corrected chi connectivity index (χ3v) is 3.98. The van der Waals surface area contributed by atoms with E-state index in [0.29, 0.717) is 30.8 Å². The third-order valence-electron chi connectivity index (χ3n) is 3.78. The molecule has 2 aromatic carbocycles. The number of rotatable bonds is 8. The summed E-state index contributed by atoms with van der Waals surface area (Å²) in [6, 6.07) is 12.0. The van der Waals surface area contributed by atoms with E-state index < -0.39 is 10.8 Å². The number of hydrogen-bond acceptors (Lipinski definition) is 6. The van der Waals surface area contributed by atoms with Gasteiger partial charge in [-0.05, 0) is 36.8 Å². The lowest BCUT2D eigenvalue weighted by Crippen LogP contribution is -2.35. The molecule has 0 bridgehead atoms. The van der Waals surface area contributed by atoms with Crippen molar-refractivity contribution in [3.8, 4) is 0 Å². The lowest BCUT2D eigenvalue weighted by molar-refractivity contribution is -0.384. The quantitative estimate of drug-likeness (QED) is 0.261. The van der Waals surface area contributed by atoms with Crippen molar-refractivity contribution in [2.24, 2.45) is 0 Å². The number of methoxy groups -OCH3 is 1. The summed E-state index contributed by atoms with van der Waals surface area (Å²) in [5.74, 6) is -0.898. The third kappa shape index (κ3) is 6.63. The molecule has 0 aliphatic rings. The number of benzene rings is 2. The second-order valence-corrected chi connectivity index (χ2v) is 6.27. The van der Waals surface area contributed by atoms with Crippen molar-refractivity contribution in [2.45, 2.75) is 6.42 Å². The normalized spacial score (nSPS) is 10.1. The molecule has 0 saturated heterocycles. The molecule has 0 spiro atoms. The van der Waals surface area contributed by atoms with E-state index >= 15 is 0 Å². The van der Waals surface area contributed by atoms with Crippen LogP contribution in [0.2, 0.25) is 0 Å². The van der Waals surface area contributed by atoms with Crippen LogP contribution in [0.1, 0.15) is 27.1 Å². The number of nitrogens with one attached hydrogen (secondary N) is 3. The van der Waals surface area contributed by atoms with Crippen LogP contribution in [0.15, 0.2) is 48.5 Å². The van der Waals surface area contributed by atoms with Gasteiger partial charge >= 0.3 is 0 Å². The summed E-state index contributed by atoms with van der Waals surface area (Å²) in [5, 5.41) is 18.8. The fourth-order valence-electron chi connectivity index (χ4n) is 2.39. The number of carbonyl (C=O) groups excluding carboxylic acids is 2. The first kappa shape index (κ1) is 21.9. The summed E-state index contributed by atoms with van der Waals surface area (Å²) in [5.41, 5.74) is 0.664. The van der Waals surface area contributed by atoms with Gasteiger partial charge in [-0.25, -0.2) is 0 Å². The van der Waals surface area contributed by atoms with Gasteiger partial charge in [-0.3, -0.25) is 25.0 Å². The number of nitro groups is 1. The molecule has 0 radical (unpaired) electrons. The smallest absolute Gasteiger partial charge is 0.270 e. The topological polar surface area (TPSA) is 123 Å².